The number of benzene rings is 1. The molecule has 2 N–H and O–H groups in total. The molecule has 6 heteroatoms. The predicted octanol–water partition coefficient (Wildman–Crippen LogP) is 2.53. The molecule has 1 atom stereocenters. The Morgan fingerprint density at radius 1 is 1.20 bits per heavy atom. The van der Waals surface area contributed by atoms with E-state index in [1.165, 1.54) is 19.2 Å². The van der Waals surface area contributed by atoms with Crippen LogP contribution in [-0.4, -0.2) is 25.5 Å². The molecule has 3 nitrogen and oxygen atoms in total. The molecule has 0 unspecified atom stereocenters. The van der Waals surface area contributed by atoms with Crippen molar-refractivity contribution < 1.29 is 18.0 Å². The zero-order valence-corrected chi connectivity index (χ0v) is 11.7. The fraction of sp³-hybridized carbons (Fsp3) is 0.500. The fourth-order valence-corrected chi connectivity index (χ4v) is 1.79. The van der Waals surface area contributed by atoms with Crippen molar-refractivity contribution in [2.75, 3.05) is 13.6 Å². The van der Waals surface area contributed by atoms with Gasteiger partial charge in [-0.25, -0.2) is 0 Å². The van der Waals surface area contributed by atoms with Gasteiger partial charge in [0, 0.05) is 19.6 Å². The van der Waals surface area contributed by atoms with Crippen molar-refractivity contribution in [3.05, 3.63) is 35.4 Å². The molecule has 1 amide bonds. The van der Waals surface area contributed by atoms with E-state index in [4.69, 9.17) is 0 Å². The third-order valence-corrected chi connectivity index (χ3v) is 2.93. The second-order valence-electron chi connectivity index (χ2n) is 4.85. The van der Waals surface area contributed by atoms with Crippen LogP contribution >= 0.6 is 0 Å². The van der Waals surface area contributed by atoms with Crippen LogP contribution in [0.4, 0.5) is 13.2 Å². The molecule has 0 aliphatic heterocycles. The molecule has 0 aromatic heterocycles. The maximum Gasteiger partial charge on any atom is 0.416 e. The van der Waals surface area contributed by atoms with Gasteiger partial charge in [-0.05, 0) is 17.7 Å². The van der Waals surface area contributed by atoms with Gasteiger partial charge in [-0.1, -0.05) is 26.0 Å². The minimum atomic E-state index is -4.36. The van der Waals surface area contributed by atoms with Crippen molar-refractivity contribution >= 4 is 5.91 Å². The summed E-state index contributed by atoms with van der Waals surface area (Å²) in [5, 5.41) is 5.65. The van der Waals surface area contributed by atoms with Crippen LogP contribution in [0, 0.1) is 0 Å². The molecule has 1 aromatic carbocycles. The van der Waals surface area contributed by atoms with Crippen LogP contribution in [0.15, 0.2) is 24.3 Å². The van der Waals surface area contributed by atoms with Crippen LogP contribution in [0.3, 0.4) is 0 Å². The summed E-state index contributed by atoms with van der Waals surface area (Å²) in [5.74, 6) is -0.734. The number of hydrogen-bond acceptors (Lipinski definition) is 2. The Morgan fingerprint density at radius 3 is 2.15 bits per heavy atom. The Labute approximate surface area is 116 Å². The van der Waals surface area contributed by atoms with E-state index in [1.807, 2.05) is 13.8 Å². The highest BCUT2D eigenvalue weighted by Crippen LogP contribution is 2.30. The van der Waals surface area contributed by atoms with E-state index in [0.29, 0.717) is 12.1 Å². The highest BCUT2D eigenvalue weighted by atomic mass is 19.4. The molecule has 0 spiro atoms. The lowest BCUT2D eigenvalue weighted by Gasteiger charge is -2.19. The number of hydrogen-bond donors (Lipinski definition) is 2. The summed E-state index contributed by atoms with van der Waals surface area (Å²) in [6.07, 6.45) is -4.36. The van der Waals surface area contributed by atoms with Gasteiger partial charge in [-0.15, -0.1) is 0 Å². The van der Waals surface area contributed by atoms with E-state index >= 15 is 0 Å². The van der Waals surface area contributed by atoms with Crippen LogP contribution in [-0.2, 0) is 11.0 Å². The van der Waals surface area contributed by atoms with Crippen LogP contribution in [0.1, 0.15) is 30.9 Å². The van der Waals surface area contributed by atoms with Gasteiger partial charge < -0.3 is 10.6 Å². The van der Waals surface area contributed by atoms with Crippen LogP contribution in [0.2, 0.25) is 0 Å². The van der Waals surface area contributed by atoms with Gasteiger partial charge in [0.15, 0.2) is 0 Å². The number of nitrogens with one attached hydrogen (secondary N) is 2. The monoisotopic (exact) mass is 288 g/mol. The Kier molecular flexibility index (Phi) is 5.56. The van der Waals surface area contributed by atoms with Crippen molar-refractivity contribution in [1.29, 1.82) is 0 Å². The molecule has 0 bridgehead atoms. The molecule has 0 saturated carbocycles. The van der Waals surface area contributed by atoms with Gasteiger partial charge in [-0.3, -0.25) is 4.79 Å². The number of rotatable bonds is 5. The first-order valence-corrected chi connectivity index (χ1v) is 6.37. The number of amides is 1. The lowest BCUT2D eigenvalue weighted by molar-refractivity contribution is -0.137. The van der Waals surface area contributed by atoms with E-state index in [2.05, 4.69) is 10.6 Å². The lowest BCUT2D eigenvalue weighted by atomic mass is 9.96. The summed E-state index contributed by atoms with van der Waals surface area (Å²) in [7, 11) is 1.51. The minimum Gasteiger partial charge on any atom is -0.359 e. The minimum absolute atomic E-state index is 0.191. The van der Waals surface area contributed by atoms with Crippen molar-refractivity contribution in [1.82, 2.24) is 10.6 Å². The van der Waals surface area contributed by atoms with Crippen molar-refractivity contribution in [2.24, 2.45) is 0 Å². The zero-order chi connectivity index (χ0) is 15.3. The average molecular weight is 288 g/mol. The summed E-state index contributed by atoms with van der Waals surface area (Å²) in [5.41, 5.74) is -0.153. The molecule has 112 valence electrons. The summed E-state index contributed by atoms with van der Waals surface area (Å²) >= 11 is 0. The van der Waals surface area contributed by atoms with Gasteiger partial charge in [0.25, 0.3) is 0 Å². The molecule has 0 aliphatic carbocycles. The van der Waals surface area contributed by atoms with E-state index in [0.717, 1.165) is 12.1 Å². The first kappa shape index (κ1) is 16.5. The largest absolute Gasteiger partial charge is 0.416 e. The Hall–Kier alpha value is -1.56. The second kappa shape index (κ2) is 6.74. The topological polar surface area (TPSA) is 41.1 Å². The van der Waals surface area contributed by atoms with E-state index in [9.17, 15) is 18.0 Å². The normalized spacial score (nSPS) is 13.3. The quantitative estimate of drug-likeness (QED) is 0.874. The van der Waals surface area contributed by atoms with Crippen molar-refractivity contribution in [2.45, 2.75) is 32.0 Å². The van der Waals surface area contributed by atoms with Crippen molar-refractivity contribution in [3.8, 4) is 0 Å². The molecular weight excluding hydrogens is 269 g/mol. The molecule has 0 fully saturated rings. The Morgan fingerprint density at radius 2 is 1.75 bits per heavy atom. The third kappa shape index (κ3) is 4.52. The number of alkyl halides is 3. The molecule has 0 radical (unpaired) electrons. The third-order valence-electron chi connectivity index (χ3n) is 2.93. The molecular formula is C14H19F3N2O. The predicted molar refractivity (Wildman–Crippen MR) is 71.4 cm³/mol. The Bertz CT molecular complexity index is 441. The number of carbonyl (C=O) groups is 1. The van der Waals surface area contributed by atoms with Crippen LogP contribution in [0.5, 0.6) is 0 Å². The van der Waals surface area contributed by atoms with Crippen molar-refractivity contribution in [3.63, 3.8) is 0 Å². The van der Waals surface area contributed by atoms with E-state index < -0.39 is 17.7 Å². The summed E-state index contributed by atoms with van der Waals surface area (Å²) in [4.78, 5) is 11.8. The summed E-state index contributed by atoms with van der Waals surface area (Å²) < 4.78 is 37.5. The SMILES string of the molecule is CNC(=O)[C@H](CNC(C)C)c1ccc(C(F)(F)F)cc1. The fourth-order valence-electron chi connectivity index (χ4n) is 1.79. The van der Waals surface area contributed by atoms with E-state index in [1.54, 1.807) is 0 Å². The standard InChI is InChI=1S/C14H19F3N2O/c1-9(2)19-8-12(13(20)18-3)10-4-6-11(7-5-10)14(15,16)17/h4-7,9,12,19H,8H2,1-3H3,(H,18,20)/t12-/m1/s1. The van der Waals surface area contributed by atoms with Crippen LogP contribution < -0.4 is 10.6 Å². The average Bonchev–Trinajstić information content (AvgIpc) is 2.37. The smallest absolute Gasteiger partial charge is 0.359 e. The van der Waals surface area contributed by atoms with Gasteiger partial charge in [0.2, 0.25) is 5.91 Å². The number of likely N-dealkylation sites (N-methyl/N-ethyl adjacent to an activating group) is 1. The zero-order valence-electron chi connectivity index (χ0n) is 11.7. The first-order chi connectivity index (χ1) is 9.25. The first-order valence-electron chi connectivity index (χ1n) is 6.37. The van der Waals surface area contributed by atoms with Gasteiger partial charge in [-0.2, -0.15) is 13.2 Å². The number of carbonyl (C=O) groups excluding carboxylic acids is 1. The maximum atomic E-state index is 12.5. The van der Waals surface area contributed by atoms with Gasteiger partial charge >= 0.3 is 6.18 Å². The highest BCUT2D eigenvalue weighted by molar-refractivity contribution is 5.83. The highest BCUT2D eigenvalue weighted by Gasteiger charge is 2.30. The molecule has 0 aliphatic rings. The van der Waals surface area contributed by atoms with E-state index in [-0.39, 0.29) is 11.9 Å². The number of halogens is 3. The van der Waals surface area contributed by atoms with Gasteiger partial charge in [0.1, 0.15) is 0 Å². The molecule has 1 rings (SSSR count). The molecule has 0 heterocycles. The van der Waals surface area contributed by atoms with Crippen LogP contribution in [0.25, 0.3) is 0 Å². The maximum absolute atomic E-state index is 12.5. The summed E-state index contributed by atoms with van der Waals surface area (Å²) in [6.45, 7) is 4.25. The molecule has 20 heavy (non-hydrogen) atoms. The Balaban J connectivity index is 2.93. The summed E-state index contributed by atoms with van der Waals surface area (Å²) in [6, 6.07) is 4.90. The van der Waals surface area contributed by atoms with Gasteiger partial charge in [0.05, 0.1) is 11.5 Å². The molecule has 0 saturated heterocycles. The molecule has 1 aromatic rings. The second-order valence-corrected chi connectivity index (χ2v) is 4.85. The lowest BCUT2D eigenvalue weighted by Crippen LogP contribution is -2.36.